The van der Waals surface area contributed by atoms with Gasteiger partial charge in [-0.25, -0.2) is 4.98 Å². The zero-order chi connectivity index (χ0) is 20.5. The predicted molar refractivity (Wildman–Crippen MR) is 122 cm³/mol. The van der Waals surface area contributed by atoms with Gasteiger partial charge in [-0.1, -0.05) is 66.2 Å². The summed E-state index contributed by atoms with van der Waals surface area (Å²) in [5.74, 6) is 0. The van der Waals surface area contributed by atoms with E-state index in [1.165, 1.54) is 5.56 Å². The Morgan fingerprint density at radius 2 is 1.60 bits per heavy atom. The molecule has 2 heterocycles. The predicted octanol–water partition coefficient (Wildman–Crippen LogP) is 6.46. The Hall–Kier alpha value is -3.61. The van der Waals surface area contributed by atoms with Gasteiger partial charge in [0.05, 0.1) is 11.0 Å². The monoisotopic (exact) mass is 407 g/mol. The van der Waals surface area contributed by atoms with Crippen LogP contribution in [0.1, 0.15) is 16.8 Å². The molecule has 0 spiro atoms. The summed E-state index contributed by atoms with van der Waals surface area (Å²) in [6, 6.07) is 30.6. The van der Waals surface area contributed by atoms with Gasteiger partial charge in [-0.2, -0.15) is 5.26 Å². The van der Waals surface area contributed by atoms with E-state index in [2.05, 4.69) is 34.7 Å². The van der Waals surface area contributed by atoms with Crippen molar-refractivity contribution in [2.75, 3.05) is 0 Å². The molecule has 0 N–H and O–H groups in total. The SMILES string of the molecule is N#Cc1c(-c2ccccc2)cc(CCc2ccc(Cl)cc2)n2c1nc1ccccc12. The highest BCUT2D eigenvalue weighted by Crippen LogP contribution is 2.31. The highest BCUT2D eigenvalue weighted by molar-refractivity contribution is 6.30. The van der Waals surface area contributed by atoms with Crippen LogP contribution < -0.4 is 0 Å². The third-order valence-corrected chi connectivity index (χ3v) is 5.68. The van der Waals surface area contributed by atoms with Crippen LogP contribution in [0.2, 0.25) is 5.02 Å². The number of pyridine rings is 1. The molecule has 0 aliphatic rings. The van der Waals surface area contributed by atoms with Crippen molar-refractivity contribution in [1.29, 1.82) is 5.26 Å². The lowest BCUT2D eigenvalue weighted by Gasteiger charge is -2.13. The molecule has 3 aromatic carbocycles. The molecule has 30 heavy (non-hydrogen) atoms. The molecule has 2 aromatic heterocycles. The molecule has 3 nitrogen and oxygen atoms in total. The number of halogens is 1. The number of rotatable bonds is 4. The standard InChI is InChI=1S/C26H18ClN3/c27-20-13-10-18(11-14-20)12-15-21-16-22(19-6-2-1-3-7-19)23(17-28)26-29-24-8-4-5-9-25(24)30(21)26/h1-11,13-14,16H,12,15H2. The second-order valence-corrected chi connectivity index (χ2v) is 7.72. The smallest absolute Gasteiger partial charge is 0.156 e. The van der Waals surface area contributed by atoms with Crippen LogP contribution in [0.3, 0.4) is 0 Å². The van der Waals surface area contributed by atoms with Crippen molar-refractivity contribution < 1.29 is 0 Å². The maximum atomic E-state index is 10.0. The Labute approximate surface area is 179 Å². The number of hydrogen-bond acceptors (Lipinski definition) is 2. The van der Waals surface area contributed by atoms with Crippen LogP contribution in [0.25, 0.3) is 27.8 Å². The quantitative estimate of drug-likeness (QED) is 0.342. The fourth-order valence-electron chi connectivity index (χ4n) is 3.97. The number of nitriles is 1. The van der Waals surface area contributed by atoms with Gasteiger partial charge in [0.1, 0.15) is 11.6 Å². The van der Waals surface area contributed by atoms with Gasteiger partial charge in [0.15, 0.2) is 5.65 Å². The van der Waals surface area contributed by atoms with Gasteiger partial charge in [0.2, 0.25) is 0 Å². The lowest BCUT2D eigenvalue weighted by molar-refractivity contribution is 0.896. The van der Waals surface area contributed by atoms with E-state index in [-0.39, 0.29) is 0 Å². The second kappa shape index (κ2) is 7.67. The average molecular weight is 408 g/mol. The first-order valence-electron chi connectivity index (χ1n) is 9.87. The maximum absolute atomic E-state index is 10.0. The van der Waals surface area contributed by atoms with E-state index < -0.39 is 0 Å². The van der Waals surface area contributed by atoms with E-state index in [0.29, 0.717) is 11.2 Å². The lowest BCUT2D eigenvalue weighted by Crippen LogP contribution is -2.03. The summed E-state index contributed by atoms with van der Waals surface area (Å²) in [7, 11) is 0. The number of aromatic nitrogens is 2. The van der Waals surface area contributed by atoms with Crippen molar-refractivity contribution >= 4 is 28.3 Å². The molecule has 0 aliphatic carbocycles. The normalized spacial score (nSPS) is 11.1. The molecule has 5 rings (SSSR count). The van der Waals surface area contributed by atoms with Crippen LogP contribution in [0.4, 0.5) is 0 Å². The summed E-state index contributed by atoms with van der Waals surface area (Å²) >= 11 is 6.04. The van der Waals surface area contributed by atoms with E-state index in [4.69, 9.17) is 16.6 Å². The molecule has 144 valence electrons. The summed E-state index contributed by atoms with van der Waals surface area (Å²) in [5, 5.41) is 10.8. The molecule has 4 heteroatoms. The fraction of sp³-hybridized carbons (Fsp3) is 0.0769. The van der Waals surface area contributed by atoms with E-state index in [1.54, 1.807) is 0 Å². The molecular weight excluding hydrogens is 390 g/mol. The summed E-state index contributed by atoms with van der Waals surface area (Å²) in [5.41, 5.74) is 7.54. The van der Waals surface area contributed by atoms with E-state index in [1.807, 2.05) is 60.7 Å². The number of hydrogen-bond donors (Lipinski definition) is 0. The van der Waals surface area contributed by atoms with Gasteiger partial charge in [0.25, 0.3) is 0 Å². The highest BCUT2D eigenvalue weighted by atomic mass is 35.5. The molecule has 0 saturated carbocycles. The molecule has 0 saturated heterocycles. The minimum Gasteiger partial charge on any atom is -0.295 e. The first kappa shape index (κ1) is 18.4. The van der Waals surface area contributed by atoms with Crippen molar-refractivity contribution in [3.63, 3.8) is 0 Å². The second-order valence-electron chi connectivity index (χ2n) is 7.29. The van der Waals surface area contributed by atoms with E-state index >= 15 is 0 Å². The average Bonchev–Trinajstić information content (AvgIpc) is 3.18. The number of imidazole rings is 1. The van der Waals surface area contributed by atoms with E-state index in [9.17, 15) is 5.26 Å². The minimum absolute atomic E-state index is 0.604. The summed E-state index contributed by atoms with van der Waals surface area (Å²) < 4.78 is 2.14. The number of aryl methyl sites for hydroxylation is 2. The summed E-state index contributed by atoms with van der Waals surface area (Å²) in [6.07, 6.45) is 1.70. The van der Waals surface area contributed by atoms with Crippen LogP contribution in [-0.2, 0) is 12.8 Å². The lowest BCUT2D eigenvalue weighted by atomic mass is 9.98. The Morgan fingerprint density at radius 1 is 0.867 bits per heavy atom. The molecule has 0 fully saturated rings. The molecule has 0 radical (unpaired) electrons. The van der Waals surface area contributed by atoms with Crippen molar-refractivity contribution in [3.8, 4) is 17.2 Å². The fourth-order valence-corrected chi connectivity index (χ4v) is 4.10. The highest BCUT2D eigenvalue weighted by Gasteiger charge is 2.17. The molecule has 0 bridgehead atoms. The largest absolute Gasteiger partial charge is 0.295 e. The van der Waals surface area contributed by atoms with Crippen LogP contribution in [0.5, 0.6) is 0 Å². The third kappa shape index (κ3) is 3.22. The van der Waals surface area contributed by atoms with Gasteiger partial charge in [-0.05, 0) is 54.3 Å². The Bertz CT molecular complexity index is 1390. The third-order valence-electron chi connectivity index (χ3n) is 5.43. The number of nitrogens with zero attached hydrogens (tertiary/aromatic N) is 3. The van der Waals surface area contributed by atoms with Crippen molar-refractivity contribution in [2.24, 2.45) is 0 Å². The molecule has 0 amide bonds. The first-order valence-corrected chi connectivity index (χ1v) is 10.3. The maximum Gasteiger partial charge on any atom is 0.156 e. The topological polar surface area (TPSA) is 41.1 Å². The van der Waals surface area contributed by atoms with Gasteiger partial charge in [-0.3, -0.25) is 4.40 Å². The van der Waals surface area contributed by atoms with Crippen molar-refractivity contribution in [1.82, 2.24) is 9.38 Å². The van der Waals surface area contributed by atoms with Gasteiger partial charge in [0, 0.05) is 16.3 Å². The molecule has 0 unspecified atom stereocenters. The number of benzene rings is 3. The van der Waals surface area contributed by atoms with Crippen LogP contribution in [0, 0.1) is 11.3 Å². The number of para-hydroxylation sites is 2. The van der Waals surface area contributed by atoms with Crippen LogP contribution in [-0.4, -0.2) is 9.38 Å². The number of fused-ring (bicyclic) bond motifs is 3. The van der Waals surface area contributed by atoms with Gasteiger partial charge < -0.3 is 0 Å². The summed E-state index contributed by atoms with van der Waals surface area (Å²) in [6.45, 7) is 0. The molecular formula is C26H18ClN3. The molecule has 0 aliphatic heterocycles. The van der Waals surface area contributed by atoms with Gasteiger partial charge >= 0.3 is 0 Å². The van der Waals surface area contributed by atoms with Crippen LogP contribution >= 0.6 is 11.6 Å². The zero-order valence-electron chi connectivity index (χ0n) is 16.2. The molecule has 5 aromatic rings. The Balaban J connectivity index is 1.73. The van der Waals surface area contributed by atoms with Crippen LogP contribution in [0.15, 0.2) is 84.9 Å². The molecule has 0 atom stereocenters. The van der Waals surface area contributed by atoms with E-state index in [0.717, 1.165) is 45.7 Å². The summed E-state index contributed by atoms with van der Waals surface area (Å²) in [4.78, 5) is 4.82. The minimum atomic E-state index is 0.604. The van der Waals surface area contributed by atoms with Crippen molar-refractivity contribution in [2.45, 2.75) is 12.8 Å². The Kier molecular flexibility index (Phi) is 4.71. The first-order chi connectivity index (χ1) is 14.7. The van der Waals surface area contributed by atoms with Gasteiger partial charge in [-0.15, -0.1) is 0 Å². The van der Waals surface area contributed by atoms with Crippen molar-refractivity contribution in [3.05, 3.63) is 107 Å². The Morgan fingerprint density at radius 3 is 2.37 bits per heavy atom. The zero-order valence-corrected chi connectivity index (χ0v) is 17.0.